The molecule has 1 heterocycles. The largest absolute Gasteiger partial charge is 0.447 e. The molecule has 1 aromatic carbocycles. The van der Waals surface area contributed by atoms with Gasteiger partial charge in [-0.3, -0.25) is 4.90 Å². The molecule has 21 heavy (non-hydrogen) atoms. The molecule has 0 bridgehead atoms. The van der Waals surface area contributed by atoms with Crippen LogP contribution in [-0.4, -0.2) is 25.3 Å². The predicted molar refractivity (Wildman–Crippen MR) is 84.8 cm³/mol. The van der Waals surface area contributed by atoms with E-state index < -0.39 is 0 Å². The Balaban J connectivity index is 1.75. The standard InChI is InChI=1S/C17H24N2O2/c1-17(2)9-4-3-8-15(17)18-13-6-5-7-14(12-13)19-10-11-21-16(19)20/h5-7,12,15,18H,3-4,8-11H2,1-2H3. The lowest BCUT2D eigenvalue weighted by molar-refractivity contribution is 0.181. The summed E-state index contributed by atoms with van der Waals surface area (Å²) in [6.45, 7) is 5.79. The van der Waals surface area contributed by atoms with Gasteiger partial charge in [-0.05, 0) is 36.5 Å². The van der Waals surface area contributed by atoms with Crippen molar-refractivity contribution in [3.05, 3.63) is 24.3 Å². The van der Waals surface area contributed by atoms with Crippen LogP contribution in [-0.2, 0) is 4.74 Å². The Morgan fingerprint density at radius 2 is 2.19 bits per heavy atom. The quantitative estimate of drug-likeness (QED) is 0.913. The summed E-state index contributed by atoms with van der Waals surface area (Å²) in [5, 5.41) is 3.67. The van der Waals surface area contributed by atoms with Gasteiger partial charge in [-0.15, -0.1) is 0 Å². The van der Waals surface area contributed by atoms with Crippen molar-refractivity contribution in [1.82, 2.24) is 0 Å². The maximum Gasteiger partial charge on any atom is 0.414 e. The van der Waals surface area contributed by atoms with Crippen molar-refractivity contribution in [2.75, 3.05) is 23.4 Å². The van der Waals surface area contributed by atoms with E-state index in [9.17, 15) is 4.79 Å². The molecule has 2 fully saturated rings. The molecule has 1 aromatic rings. The van der Waals surface area contributed by atoms with Gasteiger partial charge >= 0.3 is 6.09 Å². The zero-order chi connectivity index (χ0) is 14.9. The lowest BCUT2D eigenvalue weighted by Gasteiger charge is -2.39. The molecule has 2 aliphatic rings. The number of hydrogen-bond donors (Lipinski definition) is 1. The predicted octanol–water partition coefficient (Wildman–Crippen LogP) is 4.02. The highest BCUT2D eigenvalue weighted by atomic mass is 16.6. The van der Waals surface area contributed by atoms with Crippen LogP contribution in [0.1, 0.15) is 39.5 Å². The Morgan fingerprint density at radius 1 is 1.33 bits per heavy atom. The lowest BCUT2D eigenvalue weighted by atomic mass is 9.73. The van der Waals surface area contributed by atoms with E-state index >= 15 is 0 Å². The lowest BCUT2D eigenvalue weighted by Crippen LogP contribution is -2.38. The first-order chi connectivity index (χ1) is 10.1. The number of amides is 1. The summed E-state index contributed by atoms with van der Waals surface area (Å²) in [5.41, 5.74) is 2.32. The van der Waals surface area contributed by atoms with E-state index in [4.69, 9.17) is 4.74 Å². The van der Waals surface area contributed by atoms with Crippen LogP contribution in [0.2, 0.25) is 0 Å². The fourth-order valence-electron chi connectivity index (χ4n) is 3.35. The van der Waals surface area contributed by atoms with E-state index in [-0.39, 0.29) is 6.09 Å². The smallest absolute Gasteiger partial charge is 0.414 e. The van der Waals surface area contributed by atoms with E-state index in [2.05, 4.69) is 31.3 Å². The van der Waals surface area contributed by atoms with Crippen molar-refractivity contribution in [3.63, 3.8) is 0 Å². The molecule has 1 unspecified atom stereocenters. The van der Waals surface area contributed by atoms with Gasteiger partial charge in [-0.1, -0.05) is 32.8 Å². The number of ether oxygens (including phenoxy) is 1. The first-order valence-corrected chi connectivity index (χ1v) is 7.87. The Morgan fingerprint density at radius 3 is 2.90 bits per heavy atom. The summed E-state index contributed by atoms with van der Waals surface area (Å²) in [7, 11) is 0. The average molecular weight is 288 g/mol. The van der Waals surface area contributed by atoms with Crippen molar-refractivity contribution in [3.8, 4) is 0 Å². The summed E-state index contributed by atoms with van der Waals surface area (Å²) in [5.74, 6) is 0. The molecule has 1 saturated carbocycles. The van der Waals surface area contributed by atoms with Crippen LogP contribution in [0.15, 0.2) is 24.3 Å². The van der Waals surface area contributed by atoms with E-state index in [0.717, 1.165) is 11.4 Å². The number of nitrogens with one attached hydrogen (secondary N) is 1. The second-order valence-electron chi connectivity index (χ2n) is 6.75. The first-order valence-electron chi connectivity index (χ1n) is 7.87. The third-order valence-corrected chi connectivity index (χ3v) is 4.77. The topological polar surface area (TPSA) is 41.6 Å². The summed E-state index contributed by atoms with van der Waals surface area (Å²) in [6, 6.07) is 8.59. The number of carbonyl (C=O) groups is 1. The molecule has 1 N–H and O–H groups in total. The molecule has 114 valence electrons. The summed E-state index contributed by atoms with van der Waals surface area (Å²) >= 11 is 0. The van der Waals surface area contributed by atoms with Crippen molar-refractivity contribution < 1.29 is 9.53 Å². The number of hydrogen-bond acceptors (Lipinski definition) is 3. The van der Waals surface area contributed by atoms with Gasteiger partial charge < -0.3 is 10.1 Å². The van der Waals surface area contributed by atoms with E-state index in [0.29, 0.717) is 24.6 Å². The molecule has 1 saturated heterocycles. The maximum atomic E-state index is 11.7. The maximum absolute atomic E-state index is 11.7. The van der Waals surface area contributed by atoms with Gasteiger partial charge in [0.05, 0.1) is 6.54 Å². The third kappa shape index (κ3) is 2.99. The van der Waals surface area contributed by atoms with Gasteiger partial charge in [0, 0.05) is 17.4 Å². The van der Waals surface area contributed by atoms with Crippen molar-refractivity contribution >= 4 is 17.5 Å². The van der Waals surface area contributed by atoms with Gasteiger partial charge in [-0.2, -0.15) is 0 Å². The first kappa shape index (κ1) is 14.2. The number of rotatable bonds is 3. The SMILES string of the molecule is CC1(C)CCCCC1Nc1cccc(N2CCOC2=O)c1. The van der Waals surface area contributed by atoms with Gasteiger partial charge in [0.15, 0.2) is 0 Å². The molecule has 1 amide bonds. The van der Waals surface area contributed by atoms with Gasteiger partial charge in [0.2, 0.25) is 0 Å². The molecule has 1 atom stereocenters. The molecular formula is C17H24N2O2. The molecule has 3 rings (SSSR count). The van der Waals surface area contributed by atoms with Gasteiger partial charge in [0.1, 0.15) is 6.61 Å². The highest BCUT2D eigenvalue weighted by Crippen LogP contribution is 2.37. The van der Waals surface area contributed by atoms with Crippen LogP contribution in [0.4, 0.5) is 16.2 Å². The minimum absolute atomic E-state index is 0.245. The molecule has 4 nitrogen and oxygen atoms in total. The summed E-state index contributed by atoms with van der Waals surface area (Å²) in [4.78, 5) is 13.4. The Bertz CT molecular complexity index is 527. The second kappa shape index (κ2) is 5.58. The summed E-state index contributed by atoms with van der Waals surface area (Å²) in [6.07, 6.45) is 4.85. The van der Waals surface area contributed by atoms with Crippen LogP contribution in [0.25, 0.3) is 0 Å². The molecule has 0 radical (unpaired) electrons. The van der Waals surface area contributed by atoms with Crippen LogP contribution >= 0.6 is 0 Å². The van der Waals surface area contributed by atoms with Gasteiger partial charge in [-0.25, -0.2) is 4.79 Å². The molecule has 1 aliphatic carbocycles. The number of benzene rings is 1. The summed E-state index contributed by atoms with van der Waals surface area (Å²) < 4.78 is 5.01. The minimum Gasteiger partial charge on any atom is -0.447 e. The van der Waals surface area contributed by atoms with Gasteiger partial charge in [0.25, 0.3) is 0 Å². The fourth-order valence-corrected chi connectivity index (χ4v) is 3.35. The number of nitrogens with zero attached hydrogens (tertiary/aromatic N) is 1. The van der Waals surface area contributed by atoms with Crippen LogP contribution in [0.5, 0.6) is 0 Å². The van der Waals surface area contributed by atoms with E-state index in [1.165, 1.54) is 25.7 Å². The van der Waals surface area contributed by atoms with Crippen LogP contribution in [0, 0.1) is 5.41 Å². The second-order valence-corrected chi connectivity index (χ2v) is 6.75. The van der Waals surface area contributed by atoms with Crippen LogP contribution in [0.3, 0.4) is 0 Å². The van der Waals surface area contributed by atoms with E-state index in [1.54, 1.807) is 4.90 Å². The number of carbonyl (C=O) groups excluding carboxylic acids is 1. The highest BCUT2D eigenvalue weighted by Gasteiger charge is 2.32. The Labute approximate surface area is 126 Å². The van der Waals surface area contributed by atoms with Crippen molar-refractivity contribution in [2.24, 2.45) is 5.41 Å². The zero-order valence-electron chi connectivity index (χ0n) is 12.9. The molecular weight excluding hydrogens is 264 g/mol. The molecule has 1 aliphatic heterocycles. The monoisotopic (exact) mass is 288 g/mol. The van der Waals surface area contributed by atoms with E-state index in [1.807, 2.05) is 12.1 Å². The molecule has 0 aromatic heterocycles. The van der Waals surface area contributed by atoms with Crippen LogP contribution < -0.4 is 10.2 Å². The molecule has 4 heteroatoms. The third-order valence-electron chi connectivity index (χ3n) is 4.77. The Kier molecular flexibility index (Phi) is 3.79. The number of anilines is 2. The molecule has 0 spiro atoms. The van der Waals surface area contributed by atoms with Crippen molar-refractivity contribution in [2.45, 2.75) is 45.6 Å². The Hall–Kier alpha value is -1.71. The average Bonchev–Trinajstić information content (AvgIpc) is 2.88. The number of cyclic esters (lactones) is 1. The fraction of sp³-hybridized carbons (Fsp3) is 0.588. The minimum atomic E-state index is -0.245. The van der Waals surface area contributed by atoms with Crippen molar-refractivity contribution in [1.29, 1.82) is 0 Å². The zero-order valence-corrected chi connectivity index (χ0v) is 12.9. The highest BCUT2D eigenvalue weighted by molar-refractivity contribution is 5.89. The normalized spacial score (nSPS) is 24.8.